The van der Waals surface area contributed by atoms with Gasteiger partial charge in [-0.1, -0.05) is 6.07 Å². The number of likely N-dealkylation sites (tertiary alicyclic amines) is 1. The van der Waals surface area contributed by atoms with Crippen molar-refractivity contribution in [2.75, 3.05) is 26.2 Å². The minimum absolute atomic E-state index is 0. The molecule has 4 rings (SSSR count). The Morgan fingerprint density at radius 3 is 2.50 bits per heavy atom. The molecule has 3 atom stereocenters. The topological polar surface area (TPSA) is 41.6 Å². The fraction of sp³-hybridized carbons (Fsp3) is 0.588. The number of fused-ring (bicyclic) bond motifs is 2. The Balaban J connectivity index is 0.00000144. The van der Waals surface area contributed by atoms with Gasteiger partial charge in [-0.3, -0.25) is 4.79 Å². The maximum absolute atomic E-state index is 12.7. The quantitative estimate of drug-likeness (QED) is 0.856. The van der Waals surface area contributed by atoms with Crippen LogP contribution in [0.4, 0.5) is 0 Å². The van der Waals surface area contributed by atoms with Crippen LogP contribution in [-0.4, -0.2) is 43.1 Å². The largest absolute Gasteiger partial charge is 0.480 e. The lowest BCUT2D eigenvalue weighted by Crippen LogP contribution is -2.41. The average Bonchev–Trinajstić information content (AvgIpc) is 3.11. The van der Waals surface area contributed by atoms with Crippen molar-refractivity contribution in [1.82, 2.24) is 10.2 Å². The SMILES string of the molecule is Cc1cc2c(cc1C)OC(C(=O)N1C[C@H]3CNC[C@H]3C1)C2.Cl. The number of rotatable bonds is 1. The van der Waals surface area contributed by atoms with Gasteiger partial charge in [0.1, 0.15) is 5.75 Å². The first-order valence-electron chi connectivity index (χ1n) is 7.88. The minimum Gasteiger partial charge on any atom is -0.480 e. The van der Waals surface area contributed by atoms with Crippen molar-refractivity contribution in [2.24, 2.45) is 11.8 Å². The van der Waals surface area contributed by atoms with Crippen LogP contribution in [0.5, 0.6) is 5.75 Å². The van der Waals surface area contributed by atoms with Crippen molar-refractivity contribution >= 4 is 18.3 Å². The van der Waals surface area contributed by atoms with Gasteiger partial charge in [-0.2, -0.15) is 0 Å². The lowest BCUT2D eigenvalue weighted by Gasteiger charge is -2.21. The van der Waals surface area contributed by atoms with Gasteiger partial charge in [-0.15, -0.1) is 12.4 Å². The van der Waals surface area contributed by atoms with Gasteiger partial charge in [0.15, 0.2) is 6.10 Å². The second-order valence-electron chi connectivity index (χ2n) is 6.78. The Hall–Kier alpha value is -1.26. The zero-order chi connectivity index (χ0) is 14.6. The number of carbonyl (C=O) groups excluding carboxylic acids is 1. The summed E-state index contributed by atoms with van der Waals surface area (Å²) in [5.41, 5.74) is 3.67. The van der Waals surface area contributed by atoms with E-state index in [-0.39, 0.29) is 24.4 Å². The summed E-state index contributed by atoms with van der Waals surface area (Å²) in [5, 5.41) is 3.41. The first-order chi connectivity index (χ1) is 10.1. The van der Waals surface area contributed by atoms with Gasteiger partial charge in [0.25, 0.3) is 5.91 Å². The Morgan fingerprint density at radius 1 is 1.18 bits per heavy atom. The molecule has 3 aliphatic rings. The molecule has 0 aliphatic carbocycles. The second kappa shape index (κ2) is 5.74. The van der Waals surface area contributed by atoms with Crippen molar-refractivity contribution in [1.29, 1.82) is 0 Å². The molecule has 0 aromatic heterocycles. The number of hydrogen-bond donors (Lipinski definition) is 1. The van der Waals surface area contributed by atoms with E-state index >= 15 is 0 Å². The maximum atomic E-state index is 12.7. The molecule has 2 fully saturated rings. The molecule has 1 amide bonds. The van der Waals surface area contributed by atoms with Crippen LogP contribution in [0.25, 0.3) is 0 Å². The van der Waals surface area contributed by atoms with E-state index in [4.69, 9.17) is 4.74 Å². The van der Waals surface area contributed by atoms with E-state index in [2.05, 4.69) is 31.3 Å². The fourth-order valence-electron chi connectivity index (χ4n) is 3.89. The highest BCUT2D eigenvalue weighted by atomic mass is 35.5. The molecule has 2 saturated heterocycles. The van der Waals surface area contributed by atoms with Crippen molar-refractivity contribution in [2.45, 2.75) is 26.4 Å². The van der Waals surface area contributed by atoms with Gasteiger partial charge in [0, 0.05) is 32.6 Å². The molecule has 0 spiro atoms. The summed E-state index contributed by atoms with van der Waals surface area (Å²) in [4.78, 5) is 14.7. The molecule has 3 heterocycles. The van der Waals surface area contributed by atoms with Crippen LogP contribution in [0.3, 0.4) is 0 Å². The zero-order valence-electron chi connectivity index (χ0n) is 13.1. The smallest absolute Gasteiger partial charge is 0.264 e. The second-order valence-corrected chi connectivity index (χ2v) is 6.78. The normalized spacial score (nSPS) is 28.8. The van der Waals surface area contributed by atoms with Gasteiger partial charge >= 0.3 is 0 Å². The van der Waals surface area contributed by atoms with E-state index in [1.165, 1.54) is 16.7 Å². The van der Waals surface area contributed by atoms with Crippen molar-refractivity contribution in [3.8, 4) is 5.75 Å². The van der Waals surface area contributed by atoms with E-state index in [1.807, 2.05) is 4.90 Å². The molecular weight excluding hydrogens is 300 g/mol. The zero-order valence-corrected chi connectivity index (χ0v) is 13.9. The van der Waals surface area contributed by atoms with Crippen molar-refractivity contribution in [3.05, 3.63) is 28.8 Å². The van der Waals surface area contributed by atoms with Gasteiger partial charge in [-0.05, 0) is 48.4 Å². The molecule has 3 aliphatic heterocycles. The Morgan fingerprint density at radius 2 is 1.82 bits per heavy atom. The summed E-state index contributed by atoms with van der Waals surface area (Å²) in [6, 6.07) is 4.24. The van der Waals surface area contributed by atoms with Gasteiger partial charge < -0.3 is 15.0 Å². The number of hydrogen-bond acceptors (Lipinski definition) is 3. The third kappa shape index (κ3) is 2.48. The molecule has 1 N–H and O–H groups in total. The standard InChI is InChI=1S/C17H22N2O2.ClH/c1-10-3-12-5-16(21-15(12)4-11(10)2)17(20)19-8-13-6-18-7-14(13)9-19;/h3-4,13-14,16,18H,5-9H2,1-2H3;1H/t13-,14+,16?;. The number of ether oxygens (including phenoxy) is 1. The molecule has 1 unspecified atom stereocenters. The maximum Gasteiger partial charge on any atom is 0.264 e. The summed E-state index contributed by atoms with van der Waals surface area (Å²) < 4.78 is 5.93. The molecule has 5 heteroatoms. The fourth-order valence-corrected chi connectivity index (χ4v) is 3.89. The van der Waals surface area contributed by atoms with Crippen LogP contribution in [0.15, 0.2) is 12.1 Å². The number of benzene rings is 1. The molecule has 4 nitrogen and oxygen atoms in total. The van der Waals surface area contributed by atoms with Crippen LogP contribution in [0.2, 0.25) is 0 Å². The molecule has 1 aromatic carbocycles. The van der Waals surface area contributed by atoms with Gasteiger partial charge in [-0.25, -0.2) is 0 Å². The highest BCUT2D eigenvalue weighted by Gasteiger charge is 2.41. The third-order valence-electron chi connectivity index (χ3n) is 5.33. The molecular formula is C17H23ClN2O2. The first kappa shape index (κ1) is 15.6. The summed E-state index contributed by atoms with van der Waals surface area (Å²) in [6.45, 7) is 8.09. The van der Waals surface area contributed by atoms with Crippen LogP contribution in [0.1, 0.15) is 16.7 Å². The Kier molecular flexibility index (Phi) is 4.08. The number of aryl methyl sites for hydroxylation is 2. The monoisotopic (exact) mass is 322 g/mol. The Labute approximate surface area is 137 Å². The van der Waals surface area contributed by atoms with Crippen molar-refractivity contribution in [3.63, 3.8) is 0 Å². The van der Waals surface area contributed by atoms with E-state index in [1.54, 1.807) is 0 Å². The molecule has 22 heavy (non-hydrogen) atoms. The minimum atomic E-state index is -0.312. The van der Waals surface area contributed by atoms with Gasteiger partial charge in [0.2, 0.25) is 0 Å². The van der Waals surface area contributed by atoms with Crippen LogP contribution >= 0.6 is 12.4 Å². The first-order valence-corrected chi connectivity index (χ1v) is 7.88. The number of nitrogens with one attached hydrogen (secondary N) is 1. The molecule has 1 aromatic rings. The number of amides is 1. The molecule has 0 radical (unpaired) electrons. The van der Waals surface area contributed by atoms with Crippen LogP contribution < -0.4 is 10.1 Å². The molecule has 0 bridgehead atoms. The summed E-state index contributed by atoms with van der Waals surface area (Å²) in [5.74, 6) is 2.36. The summed E-state index contributed by atoms with van der Waals surface area (Å²) in [7, 11) is 0. The van der Waals surface area contributed by atoms with Crippen LogP contribution in [0, 0.1) is 25.7 Å². The van der Waals surface area contributed by atoms with Crippen molar-refractivity contribution < 1.29 is 9.53 Å². The average molecular weight is 323 g/mol. The molecule has 120 valence electrons. The molecule has 0 saturated carbocycles. The summed E-state index contributed by atoms with van der Waals surface area (Å²) >= 11 is 0. The third-order valence-corrected chi connectivity index (χ3v) is 5.33. The van der Waals surface area contributed by atoms with E-state index < -0.39 is 0 Å². The predicted molar refractivity (Wildman–Crippen MR) is 87.7 cm³/mol. The van der Waals surface area contributed by atoms with E-state index in [0.717, 1.165) is 38.3 Å². The lowest BCUT2D eigenvalue weighted by molar-refractivity contribution is -0.137. The van der Waals surface area contributed by atoms with Gasteiger partial charge in [0.05, 0.1) is 0 Å². The lowest BCUT2D eigenvalue weighted by atomic mass is 10.0. The van der Waals surface area contributed by atoms with E-state index in [0.29, 0.717) is 11.8 Å². The predicted octanol–water partition coefficient (Wildman–Crippen LogP) is 1.71. The summed E-state index contributed by atoms with van der Waals surface area (Å²) in [6.07, 6.45) is 0.410. The number of nitrogens with zero attached hydrogens (tertiary/aromatic N) is 1. The number of carbonyl (C=O) groups is 1. The highest BCUT2D eigenvalue weighted by Crippen LogP contribution is 2.33. The highest BCUT2D eigenvalue weighted by molar-refractivity contribution is 5.85. The van der Waals surface area contributed by atoms with Crippen LogP contribution in [-0.2, 0) is 11.2 Å². The number of halogens is 1. The van der Waals surface area contributed by atoms with E-state index in [9.17, 15) is 4.79 Å². The Bertz CT molecular complexity index is 562.